The Hall–Kier alpha value is -2.24. The normalized spacial score (nSPS) is 11.1. The molecule has 2 aromatic rings. The summed E-state index contributed by atoms with van der Waals surface area (Å²) in [4.78, 5) is 21.9. The Bertz CT molecular complexity index is 501. The van der Waals surface area contributed by atoms with E-state index in [2.05, 4.69) is 15.0 Å². The van der Waals surface area contributed by atoms with Crippen LogP contribution in [0.4, 0.5) is 5.82 Å². The molecule has 0 aliphatic carbocycles. The van der Waals surface area contributed by atoms with Crippen LogP contribution in [0.2, 0.25) is 0 Å². The molecule has 2 rings (SSSR count). The molecule has 2 N–H and O–H groups in total. The van der Waals surface area contributed by atoms with E-state index >= 15 is 0 Å². The van der Waals surface area contributed by atoms with Crippen molar-refractivity contribution >= 4 is 29.5 Å². The molecule has 0 fully saturated rings. The summed E-state index contributed by atoms with van der Waals surface area (Å²) in [5.41, 5.74) is 6.69. The zero-order valence-electron chi connectivity index (χ0n) is 7.16. The number of fused-ring (bicyclic) bond motifs is 1. The lowest BCUT2D eigenvalue weighted by atomic mass is 10.5. The first-order valence-corrected chi connectivity index (χ1v) is 3.88. The highest BCUT2D eigenvalue weighted by atomic mass is 16.2. The lowest BCUT2D eigenvalue weighted by Crippen LogP contribution is -1.94. The first kappa shape index (κ1) is 8.36. The number of carbonyl (C=O) groups is 1. The summed E-state index contributed by atoms with van der Waals surface area (Å²) in [7, 11) is 0. The number of nitrogens with zero attached hydrogens (tertiary/aromatic N) is 4. The van der Waals surface area contributed by atoms with Gasteiger partial charge in [0.2, 0.25) is 0 Å². The van der Waals surface area contributed by atoms with Gasteiger partial charge in [0.25, 0.3) is 0 Å². The monoisotopic (exact) mass is 192 g/mol. The number of rotatable bonds is 2. The van der Waals surface area contributed by atoms with E-state index in [0.29, 0.717) is 23.3 Å². The van der Waals surface area contributed by atoms with Crippen molar-refractivity contribution in [3.8, 4) is 0 Å². The van der Waals surface area contributed by atoms with E-state index in [-0.39, 0.29) is 0 Å². The third-order valence-electron chi connectivity index (χ3n) is 1.71. The minimum absolute atomic E-state index is 0.327. The Morgan fingerprint density at radius 3 is 3.00 bits per heavy atom. The predicted octanol–water partition coefficient (Wildman–Crippen LogP) is 0.0781. The van der Waals surface area contributed by atoms with Crippen molar-refractivity contribution in [3.63, 3.8) is 0 Å². The Kier molecular flexibility index (Phi) is 1.94. The number of nitrogen functional groups attached to an aromatic ring is 1. The number of carbonyl (C=O) groups excluding carboxylic acids is 1. The standard InChI is InChI=1S/C8H7N5O/c9-7-6-8(11-4-10-7)13(5-12-6)2-1-3-14/h1-5H,(H2,9,10,11)/b2-1+/i1+1,2+1,3+1. The van der Waals surface area contributed by atoms with Crippen molar-refractivity contribution in [1.29, 1.82) is 0 Å². The van der Waals surface area contributed by atoms with Crippen molar-refractivity contribution in [2.45, 2.75) is 0 Å². The summed E-state index contributed by atoms with van der Waals surface area (Å²) in [6.45, 7) is 0. The minimum Gasteiger partial charge on any atom is -0.382 e. The van der Waals surface area contributed by atoms with Gasteiger partial charge >= 0.3 is 0 Å². The maximum Gasteiger partial charge on any atom is 0.169 e. The number of aromatic nitrogens is 4. The molecule has 6 heteroatoms. The molecular formula is C8H7N5O. The second-order valence-corrected chi connectivity index (χ2v) is 2.56. The zero-order chi connectivity index (χ0) is 9.97. The number of anilines is 1. The summed E-state index contributed by atoms with van der Waals surface area (Å²) >= 11 is 0. The molecule has 0 unspecified atom stereocenters. The molecule has 14 heavy (non-hydrogen) atoms. The molecule has 0 radical (unpaired) electrons. The fourth-order valence-corrected chi connectivity index (χ4v) is 1.11. The SMILES string of the molecule is Nc1ncnc2c1ncn2/[13CH]=[13CH]/[13CH]=O. The van der Waals surface area contributed by atoms with Crippen LogP contribution in [0.3, 0.4) is 0 Å². The van der Waals surface area contributed by atoms with Gasteiger partial charge < -0.3 is 5.73 Å². The third-order valence-corrected chi connectivity index (χ3v) is 1.71. The fourth-order valence-electron chi connectivity index (χ4n) is 1.11. The first-order valence-electron chi connectivity index (χ1n) is 3.88. The second-order valence-electron chi connectivity index (χ2n) is 2.56. The van der Waals surface area contributed by atoms with Crippen LogP contribution in [0.25, 0.3) is 17.4 Å². The molecule has 2 aromatic heterocycles. The van der Waals surface area contributed by atoms with Crippen LogP contribution in [-0.2, 0) is 4.79 Å². The van der Waals surface area contributed by atoms with Gasteiger partial charge in [-0.05, 0) is 6.08 Å². The van der Waals surface area contributed by atoms with Gasteiger partial charge in [0.05, 0.1) is 0 Å². The van der Waals surface area contributed by atoms with Gasteiger partial charge in [-0.1, -0.05) is 0 Å². The number of hydrogen-bond donors (Lipinski definition) is 1. The molecule has 70 valence electrons. The molecule has 0 saturated heterocycles. The van der Waals surface area contributed by atoms with Crippen LogP contribution >= 0.6 is 0 Å². The van der Waals surface area contributed by atoms with Crippen LogP contribution in [0.1, 0.15) is 0 Å². The van der Waals surface area contributed by atoms with E-state index in [1.165, 1.54) is 18.7 Å². The minimum atomic E-state index is 0.327. The average molecular weight is 192 g/mol. The Balaban J connectivity index is 2.63. The van der Waals surface area contributed by atoms with Crippen molar-refractivity contribution in [3.05, 3.63) is 18.7 Å². The highest BCUT2D eigenvalue weighted by Gasteiger charge is 2.04. The van der Waals surface area contributed by atoms with Crippen LogP contribution in [0.5, 0.6) is 0 Å². The molecular weight excluding hydrogens is 185 g/mol. The number of nitrogens with two attached hydrogens (primary N) is 1. The third kappa shape index (κ3) is 1.22. The molecule has 0 atom stereocenters. The number of imidazole rings is 1. The van der Waals surface area contributed by atoms with Crippen LogP contribution in [0, 0.1) is 0 Å². The van der Waals surface area contributed by atoms with Gasteiger partial charge in [-0.25, -0.2) is 15.0 Å². The van der Waals surface area contributed by atoms with Crippen molar-refractivity contribution < 1.29 is 4.79 Å². The molecule has 0 aliphatic heterocycles. The summed E-state index contributed by atoms with van der Waals surface area (Å²) < 4.78 is 1.60. The van der Waals surface area contributed by atoms with Crippen LogP contribution < -0.4 is 5.73 Å². The molecule has 0 amide bonds. The zero-order valence-corrected chi connectivity index (χ0v) is 7.16. The van der Waals surface area contributed by atoms with Crippen LogP contribution in [0.15, 0.2) is 18.7 Å². The van der Waals surface area contributed by atoms with E-state index in [9.17, 15) is 4.79 Å². The average Bonchev–Trinajstić information content (AvgIpc) is 2.60. The summed E-state index contributed by atoms with van der Waals surface area (Å²) in [5, 5.41) is 0. The Morgan fingerprint density at radius 2 is 2.21 bits per heavy atom. The second kappa shape index (κ2) is 3.25. The molecule has 0 bridgehead atoms. The molecule has 0 aliphatic rings. The molecule has 2 heterocycles. The Morgan fingerprint density at radius 1 is 1.36 bits per heavy atom. The van der Waals surface area contributed by atoms with Gasteiger partial charge in [0, 0.05) is 6.20 Å². The Labute approximate surface area is 79.1 Å². The molecule has 6 nitrogen and oxygen atoms in total. The van der Waals surface area contributed by atoms with Crippen molar-refractivity contribution in [2.75, 3.05) is 5.73 Å². The molecule has 0 aromatic carbocycles. The topological polar surface area (TPSA) is 86.7 Å². The maximum atomic E-state index is 10.1. The van der Waals surface area contributed by atoms with Crippen molar-refractivity contribution in [1.82, 2.24) is 19.5 Å². The van der Waals surface area contributed by atoms with Gasteiger partial charge in [-0.15, -0.1) is 0 Å². The lowest BCUT2D eigenvalue weighted by molar-refractivity contribution is -0.104. The number of allylic oxidation sites excluding steroid dienone is 1. The highest BCUT2D eigenvalue weighted by molar-refractivity contribution is 5.83. The smallest absolute Gasteiger partial charge is 0.169 e. The number of aldehydes is 1. The van der Waals surface area contributed by atoms with E-state index < -0.39 is 0 Å². The van der Waals surface area contributed by atoms with Gasteiger partial charge in [-0.3, -0.25) is 9.36 Å². The number of hydrogen-bond acceptors (Lipinski definition) is 5. The van der Waals surface area contributed by atoms with Crippen molar-refractivity contribution in [2.24, 2.45) is 0 Å². The quantitative estimate of drug-likeness (QED) is 0.413. The summed E-state index contributed by atoms with van der Waals surface area (Å²) in [5.74, 6) is 0.327. The summed E-state index contributed by atoms with van der Waals surface area (Å²) in [6, 6.07) is 0. The lowest BCUT2D eigenvalue weighted by Gasteiger charge is -1.94. The maximum absolute atomic E-state index is 10.1. The fraction of sp³-hybridized carbons (Fsp3) is 0. The summed E-state index contributed by atoms with van der Waals surface area (Å²) in [6.07, 6.45) is 6.45. The van der Waals surface area contributed by atoms with E-state index in [1.54, 1.807) is 10.8 Å². The predicted molar refractivity (Wildman–Crippen MR) is 51.1 cm³/mol. The van der Waals surface area contributed by atoms with E-state index in [4.69, 9.17) is 5.73 Å². The van der Waals surface area contributed by atoms with E-state index in [1.807, 2.05) is 0 Å². The van der Waals surface area contributed by atoms with Gasteiger partial charge in [-0.2, -0.15) is 0 Å². The van der Waals surface area contributed by atoms with E-state index in [0.717, 1.165) is 0 Å². The van der Waals surface area contributed by atoms with Gasteiger partial charge in [0.1, 0.15) is 18.9 Å². The highest BCUT2D eigenvalue weighted by Crippen LogP contribution is 2.13. The largest absolute Gasteiger partial charge is 0.382 e. The van der Waals surface area contributed by atoms with Gasteiger partial charge in [0.15, 0.2) is 17.0 Å². The first-order chi connectivity index (χ1) is 6.83. The molecule has 0 saturated carbocycles. The molecule has 0 spiro atoms. The van der Waals surface area contributed by atoms with Crippen LogP contribution in [-0.4, -0.2) is 25.8 Å².